The minimum absolute atomic E-state index is 0.109. The van der Waals surface area contributed by atoms with E-state index in [-0.39, 0.29) is 11.9 Å². The Hall–Kier alpha value is -1.31. The summed E-state index contributed by atoms with van der Waals surface area (Å²) < 4.78 is 11.0. The zero-order chi connectivity index (χ0) is 11.4. The van der Waals surface area contributed by atoms with Crippen molar-refractivity contribution in [3.8, 4) is 5.75 Å². The number of ether oxygens (including phenoxy) is 2. The fourth-order valence-electron chi connectivity index (χ4n) is 1.56. The molecule has 0 saturated carbocycles. The lowest BCUT2D eigenvalue weighted by Crippen LogP contribution is -2.25. The zero-order valence-corrected chi connectivity index (χ0v) is 9.41. The van der Waals surface area contributed by atoms with Gasteiger partial charge in [-0.15, -0.1) is 4.98 Å². The predicted molar refractivity (Wildman–Crippen MR) is 60.0 cm³/mol. The van der Waals surface area contributed by atoms with Crippen molar-refractivity contribution in [2.75, 3.05) is 13.2 Å². The monoisotopic (exact) mass is 238 g/mol. The van der Waals surface area contributed by atoms with Crippen molar-refractivity contribution < 1.29 is 9.47 Å². The third-order valence-electron chi connectivity index (χ3n) is 2.37. The van der Waals surface area contributed by atoms with E-state index in [1.165, 1.54) is 0 Å². The van der Waals surface area contributed by atoms with Crippen LogP contribution in [0.15, 0.2) is 12.1 Å². The van der Waals surface area contributed by atoms with Crippen LogP contribution in [0.3, 0.4) is 0 Å². The fourth-order valence-corrected chi connectivity index (χ4v) is 1.70. The van der Waals surface area contributed by atoms with Crippen molar-refractivity contribution in [1.82, 2.24) is 4.98 Å². The minimum Gasteiger partial charge on any atom is -0.499 e. The van der Waals surface area contributed by atoms with Crippen molar-refractivity contribution in [1.29, 1.82) is 0 Å². The third-order valence-corrected chi connectivity index (χ3v) is 2.58. The molecule has 1 saturated heterocycles. The van der Waals surface area contributed by atoms with Gasteiger partial charge in [-0.2, -0.15) is 0 Å². The molecule has 1 aliphatic rings. The van der Waals surface area contributed by atoms with E-state index in [1.54, 1.807) is 12.1 Å². The minimum atomic E-state index is 0.109. The Labute approximate surface area is 99.0 Å². The molecule has 0 bridgehead atoms. The molecule has 0 atom stereocenters. The molecule has 4 nitrogen and oxygen atoms in total. The molecule has 1 aromatic rings. The van der Waals surface area contributed by atoms with Crippen LogP contribution in [0.4, 0.5) is 5.82 Å². The molecule has 0 unspecified atom stereocenters. The molecule has 0 N–H and O–H groups in total. The largest absolute Gasteiger partial charge is 0.499 e. The standard InChI is InChI=1S/C11H11ClN2O2/c1-13-11-9(2-3-10(12)14-11)16-8-4-6-15-7-5-8/h2-3,8H,4-7H2. The normalized spacial score (nSPS) is 16.8. The van der Waals surface area contributed by atoms with E-state index < -0.39 is 0 Å². The maximum atomic E-state index is 7.00. The van der Waals surface area contributed by atoms with Gasteiger partial charge in [0.1, 0.15) is 11.9 Å². The van der Waals surface area contributed by atoms with E-state index in [4.69, 9.17) is 27.6 Å². The first-order valence-corrected chi connectivity index (χ1v) is 5.46. The third kappa shape index (κ3) is 2.63. The summed E-state index contributed by atoms with van der Waals surface area (Å²) >= 11 is 5.71. The predicted octanol–water partition coefficient (Wildman–Crippen LogP) is 2.84. The van der Waals surface area contributed by atoms with Crippen LogP contribution in [0.5, 0.6) is 5.75 Å². The van der Waals surface area contributed by atoms with Gasteiger partial charge in [0.2, 0.25) is 5.15 Å². The molecule has 5 heteroatoms. The first kappa shape index (κ1) is 11.2. The van der Waals surface area contributed by atoms with Crippen molar-refractivity contribution in [3.05, 3.63) is 28.7 Å². The summed E-state index contributed by atoms with van der Waals surface area (Å²) in [5.41, 5.74) is 0. The number of nitrogens with zero attached hydrogens (tertiary/aromatic N) is 2. The molecule has 84 valence electrons. The summed E-state index contributed by atoms with van der Waals surface area (Å²) in [7, 11) is 0. The Balaban J connectivity index is 2.11. The number of hydrogen-bond acceptors (Lipinski definition) is 3. The molecule has 2 rings (SSSR count). The molecule has 1 aromatic heterocycles. The second kappa shape index (κ2) is 5.15. The van der Waals surface area contributed by atoms with E-state index in [9.17, 15) is 0 Å². The smallest absolute Gasteiger partial charge is 0.313 e. The highest BCUT2D eigenvalue weighted by Gasteiger charge is 2.17. The van der Waals surface area contributed by atoms with Gasteiger partial charge in [-0.05, 0) is 17.7 Å². The number of rotatable bonds is 2. The molecule has 0 amide bonds. The molecule has 1 aliphatic heterocycles. The second-order valence-electron chi connectivity index (χ2n) is 3.50. The van der Waals surface area contributed by atoms with E-state index in [2.05, 4.69) is 9.83 Å². The highest BCUT2D eigenvalue weighted by Crippen LogP contribution is 2.29. The van der Waals surface area contributed by atoms with Crippen LogP contribution in [0.2, 0.25) is 5.15 Å². The summed E-state index contributed by atoms with van der Waals surface area (Å²) in [6.45, 7) is 8.41. The molecule has 0 aliphatic carbocycles. The summed E-state index contributed by atoms with van der Waals surface area (Å²) in [6, 6.07) is 3.32. The highest BCUT2D eigenvalue weighted by atomic mass is 35.5. The molecular formula is C11H11ClN2O2. The fraction of sp³-hybridized carbons (Fsp3) is 0.455. The van der Waals surface area contributed by atoms with E-state index in [1.807, 2.05) is 0 Å². The van der Waals surface area contributed by atoms with Gasteiger partial charge in [-0.3, -0.25) is 0 Å². The number of halogens is 1. The van der Waals surface area contributed by atoms with E-state index in [0.29, 0.717) is 24.1 Å². The van der Waals surface area contributed by atoms with Crippen LogP contribution in [0.1, 0.15) is 12.8 Å². The van der Waals surface area contributed by atoms with Crippen molar-refractivity contribution in [3.63, 3.8) is 0 Å². The maximum Gasteiger partial charge on any atom is 0.313 e. The van der Waals surface area contributed by atoms with Crippen LogP contribution in [-0.4, -0.2) is 24.3 Å². The van der Waals surface area contributed by atoms with E-state index in [0.717, 1.165) is 12.8 Å². The van der Waals surface area contributed by atoms with Crippen molar-refractivity contribution >= 4 is 17.4 Å². The average molecular weight is 239 g/mol. The molecule has 16 heavy (non-hydrogen) atoms. The van der Waals surface area contributed by atoms with Crippen molar-refractivity contribution in [2.24, 2.45) is 0 Å². The van der Waals surface area contributed by atoms with Gasteiger partial charge in [0, 0.05) is 18.9 Å². The Bertz CT molecular complexity index is 411. The molecule has 1 fully saturated rings. The number of aromatic nitrogens is 1. The Morgan fingerprint density at radius 3 is 2.88 bits per heavy atom. The lowest BCUT2D eigenvalue weighted by molar-refractivity contribution is 0.0258. The van der Waals surface area contributed by atoms with Gasteiger partial charge < -0.3 is 14.3 Å². The van der Waals surface area contributed by atoms with Gasteiger partial charge in [-0.1, -0.05) is 6.57 Å². The zero-order valence-electron chi connectivity index (χ0n) is 8.65. The second-order valence-corrected chi connectivity index (χ2v) is 3.88. The Morgan fingerprint density at radius 1 is 1.44 bits per heavy atom. The first-order valence-electron chi connectivity index (χ1n) is 5.08. The highest BCUT2D eigenvalue weighted by molar-refractivity contribution is 6.29. The SMILES string of the molecule is [C-]#[N+]c1nc(Cl)ccc1OC1CCOCC1. The summed E-state index contributed by atoms with van der Waals surface area (Å²) in [6.07, 6.45) is 1.80. The lowest BCUT2D eigenvalue weighted by Gasteiger charge is -2.23. The number of hydrogen-bond donors (Lipinski definition) is 0. The van der Waals surface area contributed by atoms with E-state index >= 15 is 0 Å². The van der Waals surface area contributed by atoms with Gasteiger partial charge >= 0.3 is 5.82 Å². The van der Waals surface area contributed by atoms with Crippen LogP contribution in [-0.2, 0) is 4.74 Å². The van der Waals surface area contributed by atoms with Gasteiger partial charge in [-0.25, -0.2) is 0 Å². The molecule has 0 spiro atoms. The average Bonchev–Trinajstić information content (AvgIpc) is 2.33. The van der Waals surface area contributed by atoms with Crippen molar-refractivity contribution in [2.45, 2.75) is 18.9 Å². The lowest BCUT2D eigenvalue weighted by atomic mass is 10.1. The summed E-state index contributed by atoms with van der Waals surface area (Å²) in [4.78, 5) is 7.21. The van der Waals surface area contributed by atoms with Gasteiger partial charge in [0.05, 0.1) is 13.2 Å². The molecule has 0 radical (unpaired) electrons. The molecular weight excluding hydrogens is 228 g/mol. The Morgan fingerprint density at radius 2 is 2.19 bits per heavy atom. The summed E-state index contributed by atoms with van der Waals surface area (Å²) in [5, 5.41) is 0.310. The van der Waals surface area contributed by atoms with Crippen LogP contribution in [0, 0.1) is 6.57 Å². The van der Waals surface area contributed by atoms with Crippen LogP contribution in [0.25, 0.3) is 4.85 Å². The first-order chi connectivity index (χ1) is 7.79. The Kier molecular flexibility index (Phi) is 3.60. The molecule has 2 heterocycles. The number of pyridine rings is 1. The van der Waals surface area contributed by atoms with Crippen LogP contribution >= 0.6 is 11.6 Å². The van der Waals surface area contributed by atoms with Gasteiger partial charge in [0.15, 0.2) is 0 Å². The van der Waals surface area contributed by atoms with Gasteiger partial charge in [0.25, 0.3) is 0 Å². The quantitative estimate of drug-likeness (QED) is 0.587. The summed E-state index contributed by atoms with van der Waals surface area (Å²) in [5.74, 6) is 0.727. The molecule has 0 aromatic carbocycles. The topological polar surface area (TPSA) is 35.7 Å². The van der Waals surface area contributed by atoms with Crippen LogP contribution < -0.4 is 4.74 Å². The maximum absolute atomic E-state index is 7.00.